The third kappa shape index (κ3) is 38.0. The molecule has 0 saturated carbocycles. The third-order valence-electron chi connectivity index (χ3n) is 17.6. The lowest BCUT2D eigenvalue weighted by molar-refractivity contribution is -0.359. The van der Waals surface area contributed by atoms with Crippen LogP contribution >= 0.6 is 0 Å². The standard InChI is InChI=1S/C67H131NO13/c1-3-5-7-9-11-13-15-17-19-21-22-23-24-25-26-27-28-29-30-31-32-33-35-36-38-40-42-44-46-48-50-56(71)55(68-59(72)51-49-47-45-43-41-39-37-34-20-18-16-14-12-10-8-6-4-2)54-78-66-64(77)62(75)65(58(53-70)80-66)81-67-63(76)61(74)60(73)57(52-69)79-67/h55-58,60-67,69-71,73-77H,3-54H2,1-2H3,(H,68,72). The van der Waals surface area contributed by atoms with Gasteiger partial charge in [-0.3, -0.25) is 4.79 Å². The van der Waals surface area contributed by atoms with Crippen LogP contribution in [0.1, 0.15) is 328 Å². The topological polar surface area (TPSA) is 228 Å². The molecule has 12 unspecified atom stereocenters. The fourth-order valence-electron chi connectivity index (χ4n) is 12.0. The summed E-state index contributed by atoms with van der Waals surface area (Å²) >= 11 is 0. The average molecular weight is 1160 g/mol. The van der Waals surface area contributed by atoms with Crippen molar-refractivity contribution in [3.8, 4) is 0 Å². The van der Waals surface area contributed by atoms with E-state index in [1.165, 1.54) is 250 Å². The van der Waals surface area contributed by atoms with E-state index in [9.17, 15) is 45.6 Å². The molecule has 1 amide bonds. The predicted molar refractivity (Wildman–Crippen MR) is 328 cm³/mol. The molecule has 2 rings (SSSR count). The minimum Gasteiger partial charge on any atom is -0.394 e. The van der Waals surface area contributed by atoms with Crippen molar-refractivity contribution in [2.75, 3.05) is 19.8 Å². The number of aliphatic hydroxyl groups excluding tert-OH is 8. The van der Waals surface area contributed by atoms with Crippen molar-refractivity contribution < 1.29 is 64.6 Å². The van der Waals surface area contributed by atoms with Crippen LogP contribution in [-0.2, 0) is 23.7 Å². The Hall–Kier alpha value is -1.01. The summed E-state index contributed by atoms with van der Waals surface area (Å²) in [4.78, 5) is 13.3. The zero-order chi connectivity index (χ0) is 58.8. The van der Waals surface area contributed by atoms with Crippen molar-refractivity contribution in [2.24, 2.45) is 0 Å². The van der Waals surface area contributed by atoms with Crippen molar-refractivity contribution >= 4 is 5.91 Å². The Morgan fingerprint density at radius 1 is 0.395 bits per heavy atom. The molecule has 2 fully saturated rings. The zero-order valence-electron chi connectivity index (χ0n) is 52.3. The van der Waals surface area contributed by atoms with Gasteiger partial charge in [0.15, 0.2) is 12.6 Å². The van der Waals surface area contributed by atoms with E-state index in [-0.39, 0.29) is 12.5 Å². The predicted octanol–water partition coefficient (Wildman–Crippen LogP) is 13.6. The number of amides is 1. The Balaban J connectivity index is 1.64. The summed E-state index contributed by atoms with van der Waals surface area (Å²) in [5.74, 6) is -0.198. The van der Waals surface area contributed by atoms with Crippen LogP contribution < -0.4 is 5.32 Å². The first-order valence-electron chi connectivity index (χ1n) is 34.8. The number of hydrogen-bond donors (Lipinski definition) is 9. The molecule has 0 aromatic carbocycles. The largest absolute Gasteiger partial charge is 0.394 e. The summed E-state index contributed by atoms with van der Waals surface area (Å²) in [6.07, 6.45) is 45.5. The third-order valence-corrected chi connectivity index (χ3v) is 17.6. The molecule has 0 spiro atoms. The van der Waals surface area contributed by atoms with Crippen molar-refractivity contribution in [1.82, 2.24) is 5.32 Å². The number of rotatable bonds is 58. The van der Waals surface area contributed by atoms with Crippen molar-refractivity contribution in [2.45, 2.75) is 402 Å². The summed E-state index contributed by atoms with van der Waals surface area (Å²) in [5.41, 5.74) is 0. The highest BCUT2D eigenvalue weighted by atomic mass is 16.7. The molecular weight excluding hydrogens is 1030 g/mol. The lowest BCUT2D eigenvalue weighted by Crippen LogP contribution is -2.65. The summed E-state index contributed by atoms with van der Waals surface area (Å²) in [6, 6.07) is -0.824. The molecular formula is C67H131NO13. The summed E-state index contributed by atoms with van der Waals surface area (Å²) < 4.78 is 22.9. The smallest absolute Gasteiger partial charge is 0.220 e. The number of carbonyl (C=O) groups is 1. The van der Waals surface area contributed by atoms with E-state index in [0.717, 1.165) is 51.4 Å². The van der Waals surface area contributed by atoms with Crippen LogP contribution in [0.3, 0.4) is 0 Å². The Kier molecular flexibility index (Phi) is 50.0. The van der Waals surface area contributed by atoms with Gasteiger partial charge >= 0.3 is 0 Å². The number of ether oxygens (including phenoxy) is 4. The van der Waals surface area contributed by atoms with E-state index in [1.807, 2.05) is 0 Å². The molecule has 2 aliphatic heterocycles. The van der Waals surface area contributed by atoms with Gasteiger partial charge in [-0.25, -0.2) is 0 Å². The van der Waals surface area contributed by atoms with E-state index < -0.39 is 86.8 Å². The molecule has 14 heteroatoms. The van der Waals surface area contributed by atoms with Gasteiger partial charge in [-0.1, -0.05) is 309 Å². The maximum atomic E-state index is 13.3. The first kappa shape index (κ1) is 76.1. The molecule has 0 aromatic rings. The monoisotopic (exact) mass is 1160 g/mol. The zero-order valence-corrected chi connectivity index (χ0v) is 52.3. The fourth-order valence-corrected chi connectivity index (χ4v) is 12.0. The molecule has 2 saturated heterocycles. The van der Waals surface area contributed by atoms with Gasteiger partial charge in [0.25, 0.3) is 0 Å². The second-order valence-corrected chi connectivity index (χ2v) is 25.0. The van der Waals surface area contributed by atoms with Gasteiger partial charge in [-0.15, -0.1) is 0 Å². The number of aliphatic hydroxyl groups is 8. The van der Waals surface area contributed by atoms with Crippen LogP contribution in [-0.4, -0.2) is 140 Å². The lowest BCUT2D eigenvalue weighted by atomic mass is 9.97. The van der Waals surface area contributed by atoms with Gasteiger partial charge in [0.05, 0.1) is 32.0 Å². The van der Waals surface area contributed by atoms with Gasteiger partial charge < -0.3 is 65.1 Å². The molecule has 482 valence electrons. The highest BCUT2D eigenvalue weighted by molar-refractivity contribution is 5.76. The Morgan fingerprint density at radius 3 is 1.05 bits per heavy atom. The maximum absolute atomic E-state index is 13.3. The molecule has 81 heavy (non-hydrogen) atoms. The van der Waals surface area contributed by atoms with E-state index in [2.05, 4.69) is 19.2 Å². The highest BCUT2D eigenvalue weighted by Gasteiger charge is 2.51. The maximum Gasteiger partial charge on any atom is 0.220 e. The molecule has 0 bridgehead atoms. The van der Waals surface area contributed by atoms with Crippen molar-refractivity contribution in [3.05, 3.63) is 0 Å². The van der Waals surface area contributed by atoms with Crippen LogP contribution in [0.25, 0.3) is 0 Å². The second-order valence-electron chi connectivity index (χ2n) is 25.0. The van der Waals surface area contributed by atoms with E-state index in [4.69, 9.17) is 18.9 Å². The number of nitrogens with one attached hydrogen (secondary N) is 1. The fraction of sp³-hybridized carbons (Fsp3) is 0.985. The van der Waals surface area contributed by atoms with Crippen molar-refractivity contribution in [3.63, 3.8) is 0 Å². The molecule has 14 nitrogen and oxygen atoms in total. The SMILES string of the molecule is CCCCCCCCCCCCCCCCCCCCCCCCCCCCCCCCC(O)C(COC1OC(CO)C(OC2OC(CO)C(O)C(O)C2O)C(O)C1O)NC(=O)CCCCCCCCCCCCCCCCCCC. The minimum atomic E-state index is -1.78. The molecule has 12 atom stereocenters. The summed E-state index contributed by atoms with van der Waals surface area (Å²) in [7, 11) is 0. The molecule has 9 N–H and O–H groups in total. The molecule has 2 heterocycles. The number of unbranched alkanes of at least 4 members (excludes halogenated alkanes) is 45. The molecule has 2 aliphatic rings. The minimum absolute atomic E-state index is 0.198. The van der Waals surface area contributed by atoms with E-state index >= 15 is 0 Å². The van der Waals surface area contributed by atoms with Crippen molar-refractivity contribution in [1.29, 1.82) is 0 Å². The Bertz CT molecular complexity index is 1360. The molecule has 0 radical (unpaired) electrons. The van der Waals surface area contributed by atoms with Gasteiger partial charge in [-0.2, -0.15) is 0 Å². The van der Waals surface area contributed by atoms with Gasteiger partial charge in [0.1, 0.15) is 48.8 Å². The van der Waals surface area contributed by atoms with Crippen LogP contribution in [0.4, 0.5) is 0 Å². The lowest BCUT2D eigenvalue weighted by Gasteiger charge is -2.46. The quantitative estimate of drug-likeness (QED) is 0.0259. The Labute approximate surface area is 495 Å². The first-order chi connectivity index (χ1) is 39.6. The van der Waals surface area contributed by atoms with Gasteiger partial charge in [0.2, 0.25) is 5.91 Å². The average Bonchev–Trinajstić information content (AvgIpc) is 3.63. The normalized spacial score (nSPS) is 24.0. The summed E-state index contributed by atoms with van der Waals surface area (Å²) in [5, 5.41) is 87.5. The van der Waals surface area contributed by atoms with Crippen LogP contribution in [0.5, 0.6) is 0 Å². The van der Waals surface area contributed by atoms with Crippen LogP contribution in [0.2, 0.25) is 0 Å². The van der Waals surface area contributed by atoms with E-state index in [1.54, 1.807) is 0 Å². The van der Waals surface area contributed by atoms with Crippen LogP contribution in [0, 0.1) is 0 Å². The Morgan fingerprint density at radius 2 is 0.704 bits per heavy atom. The number of carbonyl (C=O) groups excluding carboxylic acids is 1. The van der Waals surface area contributed by atoms with E-state index in [0.29, 0.717) is 12.8 Å². The number of hydrogen-bond acceptors (Lipinski definition) is 13. The van der Waals surface area contributed by atoms with Gasteiger partial charge in [0, 0.05) is 6.42 Å². The first-order valence-corrected chi connectivity index (χ1v) is 34.8. The highest BCUT2D eigenvalue weighted by Crippen LogP contribution is 2.30. The van der Waals surface area contributed by atoms with Gasteiger partial charge in [-0.05, 0) is 12.8 Å². The summed E-state index contributed by atoms with van der Waals surface area (Å²) in [6.45, 7) is 2.92. The molecule has 0 aromatic heterocycles. The second kappa shape index (κ2) is 53.2. The molecule has 0 aliphatic carbocycles. The van der Waals surface area contributed by atoms with Crippen LogP contribution in [0.15, 0.2) is 0 Å².